The Labute approximate surface area is 118 Å². The molecule has 1 aromatic carbocycles. The minimum absolute atomic E-state index is 0.295. The molecule has 0 fully saturated rings. The molecule has 1 aromatic heterocycles. The second-order valence-corrected chi connectivity index (χ2v) is 4.94. The first-order valence-electron chi connectivity index (χ1n) is 5.43. The van der Waals surface area contributed by atoms with E-state index in [0.29, 0.717) is 17.3 Å². The average molecular weight is 329 g/mol. The third-order valence-corrected chi connectivity index (χ3v) is 3.19. The van der Waals surface area contributed by atoms with Gasteiger partial charge in [0.15, 0.2) is 0 Å². The highest BCUT2D eigenvalue weighted by Crippen LogP contribution is 2.27. The zero-order valence-corrected chi connectivity index (χ0v) is 12.0. The highest BCUT2D eigenvalue weighted by molar-refractivity contribution is 9.10. The molecular weight excluding hydrogens is 318 g/mol. The first kappa shape index (κ1) is 13.2. The van der Waals surface area contributed by atoms with Crippen molar-refractivity contribution in [2.75, 3.05) is 6.61 Å². The molecular formula is C13H11BrClNO2. The summed E-state index contributed by atoms with van der Waals surface area (Å²) in [6, 6.07) is 9.42. The third-order valence-electron chi connectivity index (χ3n) is 2.40. The number of hydrogen-bond acceptors (Lipinski definition) is 2. The van der Waals surface area contributed by atoms with Gasteiger partial charge < -0.3 is 9.72 Å². The molecule has 0 aliphatic rings. The topological polar surface area (TPSA) is 42.1 Å². The number of rotatable bonds is 3. The van der Waals surface area contributed by atoms with Crippen molar-refractivity contribution in [1.82, 2.24) is 4.98 Å². The summed E-state index contributed by atoms with van der Waals surface area (Å²) >= 11 is 9.40. The van der Waals surface area contributed by atoms with Crippen molar-refractivity contribution in [3.05, 3.63) is 45.5 Å². The van der Waals surface area contributed by atoms with Gasteiger partial charge in [0.1, 0.15) is 5.15 Å². The predicted molar refractivity (Wildman–Crippen MR) is 74.9 cm³/mol. The molecule has 0 amide bonds. The standard InChI is InChI=1S/C13H11BrClNO2/c1-2-18-13(17)10-7-11(16-12(10)15)8-4-3-5-9(14)6-8/h3-7,16H,2H2,1H3. The summed E-state index contributed by atoms with van der Waals surface area (Å²) in [4.78, 5) is 14.6. The summed E-state index contributed by atoms with van der Waals surface area (Å²) in [7, 11) is 0. The van der Waals surface area contributed by atoms with Crippen molar-refractivity contribution in [2.24, 2.45) is 0 Å². The summed E-state index contributed by atoms with van der Waals surface area (Å²) in [6.07, 6.45) is 0. The van der Waals surface area contributed by atoms with Gasteiger partial charge in [-0.1, -0.05) is 39.7 Å². The molecule has 0 unspecified atom stereocenters. The first-order chi connectivity index (χ1) is 8.61. The smallest absolute Gasteiger partial charge is 0.341 e. The molecule has 0 saturated carbocycles. The van der Waals surface area contributed by atoms with Crippen molar-refractivity contribution in [3.8, 4) is 11.3 Å². The van der Waals surface area contributed by atoms with Gasteiger partial charge in [0.2, 0.25) is 0 Å². The van der Waals surface area contributed by atoms with Crippen LogP contribution in [-0.4, -0.2) is 17.6 Å². The van der Waals surface area contributed by atoms with Crippen LogP contribution in [0.4, 0.5) is 0 Å². The van der Waals surface area contributed by atoms with Crippen molar-refractivity contribution < 1.29 is 9.53 Å². The molecule has 2 aromatic rings. The fraction of sp³-hybridized carbons (Fsp3) is 0.154. The molecule has 5 heteroatoms. The number of carbonyl (C=O) groups excluding carboxylic acids is 1. The van der Waals surface area contributed by atoms with Crippen LogP contribution in [0.1, 0.15) is 17.3 Å². The number of carbonyl (C=O) groups is 1. The first-order valence-corrected chi connectivity index (χ1v) is 6.60. The van der Waals surface area contributed by atoms with Gasteiger partial charge in [0.25, 0.3) is 0 Å². The van der Waals surface area contributed by atoms with Gasteiger partial charge in [-0.05, 0) is 30.7 Å². The van der Waals surface area contributed by atoms with Gasteiger partial charge in [-0.25, -0.2) is 4.79 Å². The quantitative estimate of drug-likeness (QED) is 0.855. The maximum absolute atomic E-state index is 11.6. The lowest BCUT2D eigenvalue weighted by molar-refractivity contribution is 0.0527. The number of aromatic nitrogens is 1. The van der Waals surface area contributed by atoms with Crippen LogP contribution in [0.2, 0.25) is 5.15 Å². The van der Waals surface area contributed by atoms with Crippen LogP contribution in [0, 0.1) is 0 Å². The summed E-state index contributed by atoms with van der Waals surface area (Å²) in [6.45, 7) is 2.08. The number of benzene rings is 1. The zero-order valence-electron chi connectivity index (χ0n) is 9.67. The molecule has 94 valence electrons. The van der Waals surface area contributed by atoms with E-state index in [1.165, 1.54) is 0 Å². The Bertz CT molecular complexity index is 580. The van der Waals surface area contributed by atoms with E-state index in [1.807, 2.05) is 24.3 Å². The fourth-order valence-electron chi connectivity index (χ4n) is 1.60. The molecule has 0 aliphatic carbocycles. The van der Waals surface area contributed by atoms with Crippen LogP contribution in [-0.2, 0) is 4.74 Å². The summed E-state index contributed by atoms with van der Waals surface area (Å²) in [5.41, 5.74) is 2.08. The lowest BCUT2D eigenvalue weighted by atomic mass is 10.1. The Morgan fingerprint density at radius 1 is 1.44 bits per heavy atom. The molecule has 2 rings (SSSR count). The van der Waals surface area contributed by atoms with Gasteiger partial charge in [0, 0.05) is 10.2 Å². The van der Waals surface area contributed by atoms with Crippen LogP contribution in [0.5, 0.6) is 0 Å². The van der Waals surface area contributed by atoms with E-state index >= 15 is 0 Å². The molecule has 0 bridgehead atoms. The second-order valence-electron chi connectivity index (χ2n) is 3.64. The molecule has 0 saturated heterocycles. The Hall–Kier alpha value is -1.26. The van der Waals surface area contributed by atoms with Crippen molar-refractivity contribution in [2.45, 2.75) is 6.92 Å². The zero-order chi connectivity index (χ0) is 13.1. The molecule has 0 aliphatic heterocycles. The predicted octanol–water partition coefficient (Wildman–Crippen LogP) is 4.27. The number of halogens is 2. The van der Waals surface area contributed by atoms with E-state index in [-0.39, 0.29) is 0 Å². The molecule has 1 N–H and O–H groups in total. The monoisotopic (exact) mass is 327 g/mol. The average Bonchev–Trinajstić information content (AvgIpc) is 2.72. The van der Waals surface area contributed by atoms with Crippen molar-refractivity contribution in [3.63, 3.8) is 0 Å². The summed E-state index contributed by atoms with van der Waals surface area (Å²) in [5.74, 6) is -0.417. The second kappa shape index (κ2) is 5.59. The summed E-state index contributed by atoms with van der Waals surface area (Å²) in [5, 5.41) is 0.295. The SMILES string of the molecule is CCOC(=O)c1cc(-c2cccc(Br)c2)[nH]c1Cl. The van der Waals surface area contributed by atoms with Crippen LogP contribution in [0.25, 0.3) is 11.3 Å². The van der Waals surface area contributed by atoms with E-state index in [9.17, 15) is 4.79 Å². The Balaban J connectivity index is 2.37. The number of nitrogens with one attached hydrogen (secondary N) is 1. The number of aromatic amines is 1. The molecule has 0 radical (unpaired) electrons. The minimum Gasteiger partial charge on any atom is -0.462 e. The van der Waals surface area contributed by atoms with Gasteiger partial charge >= 0.3 is 5.97 Å². The summed E-state index contributed by atoms with van der Waals surface area (Å²) < 4.78 is 5.89. The largest absolute Gasteiger partial charge is 0.462 e. The number of H-pyrrole nitrogens is 1. The Morgan fingerprint density at radius 2 is 2.22 bits per heavy atom. The van der Waals surface area contributed by atoms with Gasteiger partial charge in [0.05, 0.1) is 12.2 Å². The normalized spacial score (nSPS) is 10.4. The molecule has 0 spiro atoms. The van der Waals surface area contributed by atoms with E-state index in [1.54, 1.807) is 13.0 Å². The number of esters is 1. The number of hydrogen-bond donors (Lipinski definition) is 1. The van der Waals surface area contributed by atoms with Gasteiger partial charge in [-0.3, -0.25) is 0 Å². The lowest BCUT2D eigenvalue weighted by Crippen LogP contribution is -2.03. The van der Waals surface area contributed by atoms with E-state index in [0.717, 1.165) is 15.7 Å². The lowest BCUT2D eigenvalue weighted by Gasteiger charge is -1.98. The van der Waals surface area contributed by atoms with E-state index in [4.69, 9.17) is 16.3 Å². The van der Waals surface area contributed by atoms with Crippen LogP contribution in [0.15, 0.2) is 34.8 Å². The maximum Gasteiger partial charge on any atom is 0.341 e. The Morgan fingerprint density at radius 3 is 2.89 bits per heavy atom. The number of ether oxygens (including phenoxy) is 1. The van der Waals surface area contributed by atoms with Crippen molar-refractivity contribution in [1.29, 1.82) is 0 Å². The van der Waals surface area contributed by atoms with E-state index in [2.05, 4.69) is 20.9 Å². The highest BCUT2D eigenvalue weighted by Gasteiger charge is 2.15. The minimum atomic E-state index is -0.417. The van der Waals surface area contributed by atoms with Crippen LogP contribution in [0.3, 0.4) is 0 Å². The fourth-order valence-corrected chi connectivity index (χ4v) is 2.23. The maximum atomic E-state index is 11.6. The van der Waals surface area contributed by atoms with Crippen LogP contribution < -0.4 is 0 Å². The molecule has 18 heavy (non-hydrogen) atoms. The van der Waals surface area contributed by atoms with Crippen molar-refractivity contribution >= 4 is 33.5 Å². The van der Waals surface area contributed by atoms with E-state index < -0.39 is 5.97 Å². The van der Waals surface area contributed by atoms with Gasteiger partial charge in [-0.2, -0.15) is 0 Å². The Kier molecular flexibility index (Phi) is 4.09. The molecule has 1 heterocycles. The van der Waals surface area contributed by atoms with Gasteiger partial charge in [-0.15, -0.1) is 0 Å². The molecule has 0 atom stereocenters. The van der Waals surface area contributed by atoms with Crippen LogP contribution >= 0.6 is 27.5 Å². The molecule has 3 nitrogen and oxygen atoms in total. The third kappa shape index (κ3) is 2.76. The highest BCUT2D eigenvalue weighted by atomic mass is 79.9.